The van der Waals surface area contributed by atoms with Crippen LogP contribution in [0.3, 0.4) is 0 Å². The maximum absolute atomic E-state index is 13.1. The van der Waals surface area contributed by atoms with Gasteiger partial charge in [0.05, 0.1) is 23.1 Å². The zero-order valence-electron chi connectivity index (χ0n) is 19.6. The SMILES string of the molecule is CCOC(=O)C1=C(C)N(C)C(=S)NC1c1ccc(NS(=O)(=O)c2c(C)cc(C)cc2C)cc1. The van der Waals surface area contributed by atoms with E-state index in [-0.39, 0.29) is 11.5 Å². The summed E-state index contributed by atoms with van der Waals surface area (Å²) in [6.45, 7) is 9.35. The fourth-order valence-electron chi connectivity index (χ4n) is 4.10. The Labute approximate surface area is 200 Å². The Morgan fingerprint density at radius 1 is 1.12 bits per heavy atom. The van der Waals surface area contributed by atoms with E-state index in [1.54, 1.807) is 57.0 Å². The Balaban J connectivity index is 1.92. The van der Waals surface area contributed by atoms with Crippen molar-refractivity contribution >= 4 is 39.0 Å². The van der Waals surface area contributed by atoms with Crippen LogP contribution in [0, 0.1) is 20.8 Å². The van der Waals surface area contributed by atoms with E-state index in [2.05, 4.69) is 10.0 Å². The molecule has 0 radical (unpaired) electrons. The van der Waals surface area contributed by atoms with Crippen LogP contribution in [-0.4, -0.2) is 38.1 Å². The molecule has 2 aromatic carbocycles. The fourth-order valence-corrected chi connectivity index (χ4v) is 5.87. The summed E-state index contributed by atoms with van der Waals surface area (Å²) in [6.07, 6.45) is 0. The minimum atomic E-state index is -3.76. The summed E-state index contributed by atoms with van der Waals surface area (Å²) in [5, 5.41) is 3.66. The molecule has 2 aromatic rings. The largest absolute Gasteiger partial charge is 0.463 e. The van der Waals surface area contributed by atoms with Gasteiger partial charge in [0.1, 0.15) is 0 Å². The molecule has 0 bridgehead atoms. The first-order valence-electron chi connectivity index (χ1n) is 10.6. The monoisotopic (exact) mass is 487 g/mol. The summed E-state index contributed by atoms with van der Waals surface area (Å²) in [7, 11) is -1.98. The average molecular weight is 488 g/mol. The lowest BCUT2D eigenvalue weighted by atomic mass is 9.95. The predicted octanol–water partition coefficient (Wildman–Crippen LogP) is 4.11. The lowest BCUT2D eigenvalue weighted by Crippen LogP contribution is -2.46. The third-order valence-electron chi connectivity index (χ3n) is 5.62. The van der Waals surface area contributed by atoms with Crippen molar-refractivity contribution in [3.8, 4) is 0 Å². The molecule has 0 saturated heterocycles. The number of hydrogen-bond donors (Lipinski definition) is 2. The van der Waals surface area contributed by atoms with E-state index >= 15 is 0 Å². The molecule has 1 unspecified atom stereocenters. The number of thiocarbonyl (C=S) groups is 1. The van der Waals surface area contributed by atoms with Crippen LogP contribution in [0.5, 0.6) is 0 Å². The molecule has 1 atom stereocenters. The van der Waals surface area contributed by atoms with Crippen molar-refractivity contribution < 1.29 is 17.9 Å². The molecule has 0 aliphatic carbocycles. The van der Waals surface area contributed by atoms with Crippen molar-refractivity contribution in [1.82, 2.24) is 10.2 Å². The van der Waals surface area contributed by atoms with Crippen LogP contribution in [-0.2, 0) is 19.6 Å². The molecule has 2 N–H and O–H groups in total. The molecule has 0 fully saturated rings. The van der Waals surface area contributed by atoms with Gasteiger partial charge in [-0.1, -0.05) is 29.8 Å². The number of esters is 1. The molecule has 3 rings (SSSR count). The number of nitrogens with zero attached hydrogens (tertiary/aromatic N) is 1. The molecule has 1 heterocycles. The third kappa shape index (κ3) is 5.04. The number of ether oxygens (including phenoxy) is 1. The smallest absolute Gasteiger partial charge is 0.338 e. The van der Waals surface area contributed by atoms with Crippen LogP contribution in [0.1, 0.15) is 42.1 Å². The first-order valence-corrected chi connectivity index (χ1v) is 12.5. The number of aryl methyl sites for hydroxylation is 3. The minimum Gasteiger partial charge on any atom is -0.463 e. The molecule has 1 aliphatic heterocycles. The van der Waals surface area contributed by atoms with Gasteiger partial charge < -0.3 is 15.0 Å². The number of carbonyl (C=O) groups is 1. The van der Waals surface area contributed by atoms with Gasteiger partial charge in [-0.2, -0.15) is 0 Å². The summed E-state index contributed by atoms with van der Waals surface area (Å²) in [4.78, 5) is 14.7. The van der Waals surface area contributed by atoms with E-state index in [0.717, 1.165) is 11.1 Å². The molecule has 1 aliphatic rings. The Hall–Kier alpha value is -2.91. The van der Waals surface area contributed by atoms with Crippen LogP contribution in [0.2, 0.25) is 0 Å². The van der Waals surface area contributed by atoms with E-state index in [1.807, 2.05) is 26.0 Å². The van der Waals surface area contributed by atoms with E-state index < -0.39 is 22.0 Å². The van der Waals surface area contributed by atoms with E-state index in [9.17, 15) is 13.2 Å². The first-order chi connectivity index (χ1) is 15.5. The van der Waals surface area contributed by atoms with Crippen LogP contribution in [0.4, 0.5) is 5.69 Å². The van der Waals surface area contributed by atoms with Gasteiger partial charge in [0.25, 0.3) is 10.0 Å². The fraction of sp³-hybridized carbons (Fsp3) is 0.333. The average Bonchev–Trinajstić information content (AvgIpc) is 2.71. The van der Waals surface area contributed by atoms with Crippen molar-refractivity contribution in [2.75, 3.05) is 18.4 Å². The number of hydrogen-bond acceptors (Lipinski definition) is 5. The van der Waals surface area contributed by atoms with Crippen LogP contribution in [0.25, 0.3) is 0 Å². The van der Waals surface area contributed by atoms with Crippen molar-refractivity contribution in [3.05, 3.63) is 69.9 Å². The van der Waals surface area contributed by atoms with Gasteiger partial charge >= 0.3 is 5.97 Å². The van der Waals surface area contributed by atoms with Gasteiger partial charge in [-0.3, -0.25) is 4.72 Å². The zero-order chi connectivity index (χ0) is 24.5. The van der Waals surface area contributed by atoms with Gasteiger partial charge in [0.2, 0.25) is 0 Å². The number of allylic oxidation sites excluding steroid dienone is 1. The van der Waals surface area contributed by atoms with E-state index in [4.69, 9.17) is 17.0 Å². The van der Waals surface area contributed by atoms with E-state index in [0.29, 0.717) is 33.2 Å². The van der Waals surface area contributed by atoms with E-state index in [1.165, 1.54) is 0 Å². The third-order valence-corrected chi connectivity index (χ3v) is 7.70. The minimum absolute atomic E-state index is 0.259. The normalized spacial score (nSPS) is 16.5. The lowest BCUT2D eigenvalue weighted by Gasteiger charge is -2.35. The Kier molecular flexibility index (Phi) is 7.14. The molecular weight excluding hydrogens is 458 g/mol. The van der Waals surface area contributed by atoms with Gasteiger partial charge in [-0.05, 0) is 75.7 Å². The van der Waals surface area contributed by atoms with Gasteiger partial charge in [0.15, 0.2) is 5.11 Å². The van der Waals surface area contributed by atoms with Gasteiger partial charge in [-0.25, -0.2) is 13.2 Å². The molecule has 9 heteroatoms. The van der Waals surface area contributed by atoms with Crippen molar-refractivity contribution in [1.29, 1.82) is 0 Å². The maximum atomic E-state index is 13.1. The van der Waals surface area contributed by atoms with Gasteiger partial charge in [-0.15, -0.1) is 0 Å². The van der Waals surface area contributed by atoms with Crippen LogP contribution in [0.15, 0.2) is 52.6 Å². The number of nitrogens with one attached hydrogen (secondary N) is 2. The Bertz CT molecular complexity index is 1210. The summed E-state index contributed by atoms with van der Waals surface area (Å²) in [5.74, 6) is -0.419. The molecule has 0 amide bonds. The second-order valence-corrected chi connectivity index (χ2v) is 10.1. The Morgan fingerprint density at radius 2 is 1.70 bits per heavy atom. The number of anilines is 1. The van der Waals surface area contributed by atoms with Crippen LogP contribution < -0.4 is 10.0 Å². The van der Waals surface area contributed by atoms with Crippen molar-refractivity contribution in [2.45, 2.75) is 45.6 Å². The highest BCUT2D eigenvalue weighted by Gasteiger charge is 2.33. The highest BCUT2D eigenvalue weighted by atomic mass is 32.2. The quantitative estimate of drug-likeness (QED) is 0.468. The number of carbonyl (C=O) groups excluding carboxylic acids is 1. The number of sulfonamides is 1. The molecule has 0 aromatic heterocycles. The summed E-state index contributed by atoms with van der Waals surface area (Å²) >= 11 is 5.41. The van der Waals surface area contributed by atoms with Crippen molar-refractivity contribution in [2.24, 2.45) is 0 Å². The van der Waals surface area contributed by atoms with Crippen molar-refractivity contribution in [3.63, 3.8) is 0 Å². The molecule has 0 spiro atoms. The number of rotatable bonds is 6. The summed E-state index contributed by atoms with van der Waals surface area (Å²) < 4.78 is 34.0. The summed E-state index contributed by atoms with van der Waals surface area (Å²) in [5.41, 5.74) is 4.76. The molecule has 176 valence electrons. The standard InChI is InChI=1S/C24H29N3O4S2/c1-7-31-23(28)20-17(5)27(6)24(32)25-21(20)18-8-10-19(11-9-18)26-33(29,30)22-15(3)12-14(2)13-16(22)4/h8-13,21,26H,7H2,1-6H3,(H,25,32). The summed E-state index contributed by atoms with van der Waals surface area (Å²) in [6, 6.07) is 10.1. The topological polar surface area (TPSA) is 87.7 Å². The first kappa shape index (κ1) is 24.7. The molecule has 7 nitrogen and oxygen atoms in total. The molecular formula is C24H29N3O4S2. The maximum Gasteiger partial charge on any atom is 0.338 e. The molecule has 33 heavy (non-hydrogen) atoms. The predicted molar refractivity (Wildman–Crippen MR) is 133 cm³/mol. The Morgan fingerprint density at radius 3 is 2.24 bits per heavy atom. The lowest BCUT2D eigenvalue weighted by molar-refractivity contribution is -0.139. The van der Waals surface area contributed by atoms with Gasteiger partial charge in [0, 0.05) is 18.4 Å². The zero-order valence-corrected chi connectivity index (χ0v) is 21.3. The second-order valence-electron chi connectivity index (χ2n) is 8.12. The molecule has 0 saturated carbocycles. The highest BCUT2D eigenvalue weighted by molar-refractivity contribution is 7.92. The number of benzene rings is 2. The highest BCUT2D eigenvalue weighted by Crippen LogP contribution is 2.32. The second kappa shape index (κ2) is 9.52. The van der Waals surface area contributed by atoms with Crippen LogP contribution >= 0.6 is 12.2 Å².